The van der Waals surface area contributed by atoms with Crippen molar-refractivity contribution in [1.29, 1.82) is 0 Å². The number of carbonyl (C=O) groups is 3. The van der Waals surface area contributed by atoms with Crippen molar-refractivity contribution in [1.82, 2.24) is 34.9 Å². The summed E-state index contributed by atoms with van der Waals surface area (Å²) in [6.07, 6.45) is 4.01. The van der Waals surface area contributed by atoms with Crippen molar-refractivity contribution in [2.24, 2.45) is 5.92 Å². The molecular formula is C32H37BrN8O3. The molecular weight excluding hydrogens is 624 g/mol. The molecule has 3 aromatic heterocycles. The van der Waals surface area contributed by atoms with Crippen LogP contribution in [0, 0.1) is 26.7 Å². The molecule has 0 aliphatic carbocycles. The molecule has 12 heteroatoms. The Bertz CT molecular complexity index is 1730. The molecule has 2 atom stereocenters. The highest BCUT2D eigenvalue weighted by atomic mass is 79.9. The second-order valence-corrected chi connectivity index (χ2v) is 12.6. The highest BCUT2D eigenvalue weighted by Gasteiger charge is 2.40. The topological polar surface area (TPSA) is 135 Å². The number of likely N-dealkylation sites (tertiary alicyclic amines) is 1. The minimum absolute atomic E-state index is 0.0943. The molecule has 5 rings (SSSR count). The first-order valence-electron chi connectivity index (χ1n) is 14.7. The highest BCUT2D eigenvalue weighted by Crippen LogP contribution is 2.31. The lowest BCUT2D eigenvalue weighted by Gasteiger charge is -2.24. The lowest BCUT2D eigenvalue weighted by Crippen LogP contribution is -2.44. The Labute approximate surface area is 265 Å². The van der Waals surface area contributed by atoms with Crippen molar-refractivity contribution >= 4 is 50.2 Å². The number of aryl methyl sites for hydroxylation is 3. The van der Waals surface area contributed by atoms with E-state index in [0.29, 0.717) is 46.7 Å². The smallest absolute Gasteiger partial charge is 0.248 e. The number of nitrogens with one attached hydrogen (secondary N) is 2. The number of Topliss-reactive ketones (excluding diaryl/α,β-unsaturated/α-hetero) is 1. The predicted octanol–water partition coefficient (Wildman–Crippen LogP) is 4.63. The Balaban J connectivity index is 1.46. The standard InChI is InChI=1S/C32H37BrN8O3/c1-17(2)34-12-22-10-26(32(44)38-31-18(3)7-8-27(33)37-31)40(15-22)28(43)16-41-30-19(4)9-23(24-13-35-21(6)36-14-24)11-25(30)29(39-41)20(5)42/h7-9,11,13-14,17,22,26,34H,10,12,15-16H2,1-6H3,(H,37,38,44). The fraction of sp³-hybridized carbons (Fsp3) is 0.406. The van der Waals surface area contributed by atoms with E-state index in [1.165, 1.54) is 6.92 Å². The fourth-order valence-electron chi connectivity index (χ4n) is 5.66. The van der Waals surface area contributed by atoms with Crippen LogP contribution >= 0.6 is 15.9 Å². The number of rotatable bonds is 9. The van der Waals surface area contributed by atoms with E-state index >= 15 is 0 Å². The number of fused-ring (bicyclic) bond motifs is 1. The second-order valence-electron chi connectivity index (χ2n) is 11.8. The maximum absolute atomic E-state index is 14.0. The summed E-state index contributed by atoms with van der Waals surface area (Å²) in [5, 5.41) is 11.6. The molecule has 1 aliphatic rings. The molecule has 1 aliphatic heterocycles. The van der Waals surface area contributed by atoms with Crippen molar-refractivity contribution in [3.8, 4) is 11.1 Å². The predicted molar refractivity (Wildman–Crippen MR) is 172 cm³/mol. The van der Waals surface area contributed by atoms with Gasteiger partial charge in [-0.1, -0.05) is 19.9 Å². The molecule has 2 amide bonds. The summed E-state index contributed by atoms with van der Waals surface area (Å²) in [5.74, 6) is 0.488. The number of amides is 2. The number of benzene rings is 1. The Morgan fingerprint density at radius 2 is 1.77 bits per heavy atom. The van der Waals surface area contributed by atoms with Gasteiger partial charge in [-0.05, 0) is 90.5 Å². The van der Waals surface area contributed by atoms with Crippen LogP contribution in [0.25, 0.3) is 22.0 Å². The molecule has 11 nitrogen and oxygen atoms in total. The van der Waals surface area contributed by atoms with Gasteiger partial charge >= 0.3 is 0 Å². The van der Waals surface area contributed by atoms with E-state index in [0.717, 1.165) is 22.3 Å². The molecule has 230 valence electrons. The normalized spacial score (nSPS) is 16.6. The van der Waals surface area contributed by atoms with Gasteiger partial charge in [0.25, 0.3) is 0 Å². The van der Waals surface area contributed by atoms with Crippen molar-refractivity contribution in [3.05, 3.63) is 63.9 Å². The van der Waals surface area contributed by atoms with Gasteiger partial charge in [0, 0.05) is 42.9 Å². The van der Waals surface area contributed by atoms with E-state index in [9.17, 15) is 14.4 Å². The molecule has 0 saturated carbocycles. The van der Waals surface area contributed by atoms with E-state index in [4.69, 9.17) is 0 Å². The third kappa shape index (κ3) is 6.71. The zero-order valence-corrected chi connectivity index (χ0v) is 27.4. The maximum Gasteiger partial charge on any atom is 0.248 e. The number of pyridine rings is 1. The summed E-state index contributed by atoms with van der Waals surface area (Å²) < 4.78 is 2.20. The van der Waals surface area contributed by atoms with Crippen molar-refractivity contribution in [3.63, 3.8) is 0 Å². The minimum Gasteiger partial charge on any atom is -0.329 e. The summed E-state index contributed by atoms with van der Waals surface area (Å²) >= 11 is 3.37. The number of anilines is 1. The number of halogens is 1. The first-order chi connectivity index (χ1) is 20.9. The summed E-state index contributed by atoms with van der Waals surface area (Å²) in [4.78, 5) is 55.0. The van der Waals surface area contributed by atoms with Crippen LogP contribution in [0.15, 0.2) is 41.3 Å². The Morgan fingerprint density at radius 3 is 2.45 bits per heavy atom. The zero-order valence-electron chi connectivity index (χ0n) is 25.8. The number of aromatic nitrogens is 5. The molecule has 1 saturated heterocycles. The van der Waals surface area contributed by atoms with Crippen molar-refractivity contribution in [2.45, 2.75) is 66.6 Å². The Morgan fingerprint density at radius 1 is 1.05 bits per heavy atom. The fourth-order valence-corrected chi connectivity index (χ4v) is 5.97. The molecule has 0 radical (unpaired) electrons. The van der Waals surface area contributed by atoms with Crippen LogP contribution in [-0.4, -0.2) is 72.4 Å². The van der Waals surface area contributed by atoms with Crippen LogP contribution in [0.1, 0.15) is 54.6 Å². The molecule has 1 aromatic carbocycles. The largest absolute Gasteiger partial charge is 0.329 e. The summed E-state index contributed by atoms with van der Waals surface area (Å²) in [5.41, 5.74) is 4.35. The van der Waals surface area contributed by atoms with E-state index in [-0.39, 0.29) is 41.8 Å². The van der Waals surface area contributed by atoms with Gasteiger partial charge in [0.05, 0.1) is 5.52 Å². The van der Waals surface area contributed by atoms with E-state index < -0.39 is 6.04 Å². The average molecular weight is 662 g/mol. The third-order valence-corrected chi connectivity index (χ3v) is 8.34. The summed E-state index contributed by atoms with van der Waals surface area (Å²) in [6.45, 7) is 12.2. The van der Waals surface area contributed by atoms with E-state index in [1.807, 2.05) is 45.0 Å². The minimum atomic E-state index is -0.676. The zero-order chi connectivity index (χ0) is 31.7. The first-order valence-corrected chi connectivity index (χ1v) is 15.5. The first kappa shape index (κ1) is 31.4. The lowest BCUT2D eigenvalue weighted by atomic mass is 10.0. The van der Waals surface area contributed by atoms with Gasteiger partial charge in [-0.25, -0.2) is 15.0 Å². The van der Waals surface area contributed by atoms with Gasteiger partial charge in [0.2, 0.25) is 11.8 Å². The molecule has 4 heterocycles. The number of carbonyl (C=O) groups excluding carboxylic acids is 3. The molecule has 2 N–H and O–H groups in total. The Hall–Kier alpha value is -4.03. The van der Waals surface area contributed by atoms with Crippen LogP contribution in [0.5, 0.6) is 0 Å². The summed E-state index contributed by atoms with van der Waals surface area (Å²) in [7, 11) is 0. The van der Waals surface area contributed by atoms with E-state index in [1.54, 1.807) is 22.0 Å². The maximum atomic E-state index is 14.0. The van der Waals surface area contributed by atoms with Gasteiger partial charge < -0.3 is 15.5 Å². The summed E-state index contributed by atoms with van der Waals surface area (Å²) in [6, 6.07) is 7.16. The quantitative estimate of drug-likeness (QED) is 0.196. The number of nitrogens with zero attached hydrogens (tertiary/aromatic N) is 6. The van der Waals surface area contributed by atoms with Gasteiger partial charge in [-0.2, -0.15) is 5.10 Å². The van der Waals surface area contributed by atoms with Crippen LogP contribution in [0.2, 0.25) is 0 Å². The third-order valence-electron chi connectivity index (χ3n) is 7.90. The molecule has 0 bridgehead atoms. The lowest BCUT2D eigenvalue weighted by molar-refractivity contribution is -0.137. The van der Waals surface area contributed by atoms with Crippen LogP contribution in [0.4, 0.5) is 5.82 Å². The number of hydrogen-bond donors (Lipinski definition) is 2. The second kappa shape index (κ2) is 12.9. The highest BCUT2D eigenvalue weighted by molar-refractivity contribution is 9.10. The van der Waals surface area contributed by atoms with Crippen LogP contribution < -0.4 is 10.6 Å². The number of hydrogen-bond acceptors (Lipinski definition) is 8. The number of ketones is 1. The molecule has 2 unspecified atom stereocenters. The average Bonchev–Trinajstić information content (AvgIpc) is 3.57. The van der Waals surface area contributed by atoms with Crippen LogP contribution in [0.3, 0.4) is 0 Å². The van der Waals surface area contributed by atoms with Gasteiger partial charge in [0.1, 0.15) is 34.5 Å². The molecule has 4 aromatic rings. The Kier molecular flexibility index (Phi) is 9.21. The molecule has 0 spiro atoms. The van der Waals surface area contributed by atoms with Gasteiger partial charge in [-0.15, -0.1) is 0 Å². The van der Waals surface area contributed by atoms with Gasteiger partial charge in [0.15, 0.2) is 5.78 Å². The van der Waals surface area contributed by atoms with Gasteiger partial charge in [-0.3, -0.25) is 19.1 Å². The van der Waals surface area contributed by atoms with Crippen molar-refractivity contribution in [2.75, 3.05) is 18.4 Å². The van der Waals surface area contributed by atoms with Crippen molar-refractivity contribution < 1.29 is 14.4 Å². The molecule has 1 fully saturated rings. The molecule has 44 heavy (non-hydrogen) atoms. The van der Waals surface area contributed by atoms with E-state index in [2.05, 4.69) is 60.5 Å². The SMILES string of the molecule is CC(=O)c1nn(CC(=O)N2CC(CNC(C)C)CC2C(=O)Nc2nc(Br)ccc2C)c2c(C)cc(-c3cnc(C)nc3)cc12. The monoisotopic (exact) mass is 660 g/mol. The van der Waals surface area contributed by atoms with Crippen LogP contribution in [-0.2, 0) is 16.1 Å².